The minimum atomic E-state index is -0.629. The number of benzene rings is 3. The number of aromatic nitrogens is 2. The summed E-state index contributed by atoms with van der Waals surface area (Å²) in [4.78, 5) is 36.0. The van der Waals surface area contributed by atoms with Crippen LogP contribution in [-0.4, -0.2) is 34.0 Å². The topological polar surface area (TPSA) is 119 Å². The minimum Gasteiger partial charge on any atom is -0.368 e. The first kappa shape index (κ1) is 24.3. The van der Waals surface area contributed by atoms with E-state index in [0.29, 0.717) is 22.5 Å². The molecule has 4 N–H and O–H groups in total. The molecule has 0 bridgehead atoms. The van der Waals surface area contributed by atoms with Gasteiger partial charge in [-0.25, -0.2) is 9.07 Å². The Hall–Kier alpha value is -4.79. The number of aryl methyl sites for hydroxylation is 1. The van der Waals surface area contributed by atoms with Crippen LogP contribution in [0.5, 0.6) is 0 Å². The molecule has 3 amide bonds. The fraction of sp³-hybridized carbons (Fsp3) is 0.111. The number of carbonyl (C=O) groups is 3. The molecule has 4 rings (SSSR count). The fourth-order valence-corrected chi connectivity index (χ4v) is 3.59. The number of amides is 3. The molecule has 1 heterocycles. The van der Waals surface area contributed by atoms with Gasteiger partial charge in [0, 0.05) is 23.9 Å². The van der Waals surface area contributed by atoms with E-state index in [9.17, 15) is 18.8 Å². The molecule has 0 fully saturated rings. The summed E-state index contributed by atoms with van der Waals surface area (Å²) in [6.07, 6.45) is 1.62. The SMILES string of the molecule is Cc1cccc(-c2nn(-c3ccc(F)cc3)cc2C(=O)NCc2ccc(C(=O)NCC(N)=O)cc2)c1. The Morgan fingerprint density at radius 3 is 2.33 bits per heavy atom. The van der Waals surface area contributed by atoms with Gasteiger partial charge in [-0.3, -0.25) is 14.4 Å². The minimum absolute atomic E-state index is 0.219. The predicted octanol–water partition coefficient (Wildman–Crippen LogP) is 3.13. The van der Waals surface area contributed by atoms with E-state index in [1.165, 1.54) is 12.1 Å². The van der Waals surface area contributed by atoms with Crippen LogP contribution in [0.1, 0.15) is 31.8 Å². The molecular formula is C27H24FN5O3. The van der Waals surface area contributed by atoms with E-state index in [0.717, 1.165) is 16.7 Å². The Labute approximate surface area is 206 Å². The van der Waals surface area contributed by atoms with E-state index >= 15 is 0 Å². The molecule has 0 atom stereocenters. The van der Waals surface area contributed by atoms with Gasteiger partial charge in [0.25, 0.3) is 11.8 Å². The summed E-state index contributed by atoms with van der Waals surface area (Å²) in [6.45, 7) is 1.93. The van der Waals surface area contributed by atoms with Crippen molar-refractivity contribution in [2.75, 3.05) is 6.54 Å². The lowest BCUT2D eigenvalue weighted by atomic mass is 10.1. The Morgan fingerprint density at radius 1 is 0.944 bits per heavy atom. The number of hydrogen-bond acceptors (Lipinski definition) is 4. The number of primary amides is 1. The molecule has 0 saturated heterocycles. The van der Waals surface area contributed by atoms with Crippen molar-refractivity contribution in [2.45, 2.75) is 13.5 Å². The van der Waals surface area contributed by atoms with Crippen LogP contribution in [0.4, 0.5) is 4.39 Å². The largest absolute Gasteiger partial charge is 0.368 e. The molecule has 9 heteroatoms. The van der Waals surface area contributed by atoms with E-state index in [-0.39, 0.29) is 24.8 Å². The van der Waals surface area contributed by atoms with Crippen LogP contribution in [-0.2, 0) is 11.3 Å². The molecule has 0 spiro atoms. The number of nitrogens with one attached hydrogen (secondary N) is 2. The van der Waals surface area contributed by atoms with E-state index in [2.05, 4.69) is 15.7 Å². The number of hydrogen-bond donors (Lipinski definition) is 3. The van der Waals surface area contributed by atoms with Crippen LogP contribution in [0.15, 0.2) is 79.0 Å². The lowest BCUT2D eigenvalue weighted by Gasteiger charge is -2.07. The molecule has 0 unspecified atom stereocenters. The van der Waals surface area contributed by atoms with Crippen LogP contribution < -0.4 is 16.4 Å². The summed E-state index contributed by atoms with van der Waals surface area (Å²) in [5.41, 5.74) is 9.48. The third-order valence-corrected chi connectivity index (χ3v) is 5.43. The smallest absolute Gasteiger partial charge is 0.255 e. The maximum Gasteiger partial charge on any atom is 0.255 e. The van der Waals surface area contributed by atoms with Gasteiger partial charge >= 0.3 is 0 Å². The van der Waals surface area contributed by atoms with Gasteiger partial charge in [0.1, 0.15) is 11.5 Å². The molecule has 8 nitrogen and oxygen atoms in total. The Morgan fingerprint density at radius 2 is 1.67 bits per heavy atom. The number of rotatable bonds is 8. The summed E-state index contributed by atoms with van der Waals surface area (Å²) in [5.74, 6) is -1.74. The number of carbonyl (C=O) groups excluding carboxylic acids is 3. The highest BCUT2D eigenvalue weighted by molar-refractivity contribution is 6.00. The molecule has 36 heavy (non-hydrogen) atoms. The highest BCUT2D eigenvalue weighted by Crippen LogP contribution is 2.25. The van der Waals surface area contributed by atoms with Gasteiger partial charge in [-0.1, -0.05) is 35.9 Å². The standard InChI is InChI=1S/C27H24FN5O3/c1-17-3-2-4-20(13-17)25-23(16-33(32-25)22-11-9-21(28)10-12-22)27(36)30-14-18-5-7-19(8-6-18)26(35)31-15-24(29)34/h2-13,16H,14-15H2,1H3,(H2,29,34)(H,30,36)(H,31,35). The lowest BCUT2D eigenvalue weighted by molar-refractivity contribution is -0.117. The molecular weight excluding hydrogens is 461 g/mol. The van der Waals surface area contributed by atoms with Crippen molar-refractivity contribution in [3.05, 3.63) is 107 Å². The summed E-state index contributed by atoms with van der Waals surface area (Å²) in [6, 6.07) is 20.1. The van der Waals surface area contributed by atoms with Gasteiger partial charge in [0.05, 0.1) is 17.8 Å². The molecule has 0 aliphatic heterocycles. The van der Waals surface area contributed by atoms with Crippen LogP contribution in [0.3, 0.4) is 0 Å². The summed E-state index contributed by atoms with van der Waals surface area (Å²) in [5, 5.41) is 9.92. The number of nitrogens with two attached hydrogens (primary N) is 1. The van der Waals surface area contributed by atoms with Crippen molar-refractivity contribution in [3.8, 4) is 16.9 Å². The average Bonchev–Trinajstić information content (AvgIpc) is 3.32. The van der Waals surface area contributed by atoms with Crippen LogP contribution >= 0.6 is 0 Å². The normalized spacial score (nSPS) is 10.6. The first-order valence-corrected chi connectivity index (χ1v) is 11.2. The Kier molecular flexibility index (Phi) is 7.20. The lowest BCUT2D eigenvalue weighted by Crippen LogP contribution is -2.33. The zero-order valence-corrected chi connectivity index (χ0v) is 19.5. The van der Waals surface area contributed by atoms with Gasteiger partial charge in [-0.15, -0.1) is 0 Å². The van der Waals surface area contributed by atoms with E-state index in [4.69, 9.17) is 5.73 Å². The zero-order valence-electron chi connectivity index (χ0n) is 19.5. The molecule has 0 aliphatic carbocycles. The number of nitrogens with zero attached hydrogens (tertiary/aromatic N) is 2. The van der Waals surface area contributed by atoms with Crippen LogP contribution in [0.25, 0.3) is 16.9 Å². The van der Waals surface area contributed by atoms with Crippen molar-refractivity contribution < 1.29 is 18.8 Å². The molecule has 0 radical (unpaired) electrons. The summed E-state index contributed by atoms with van der Waals surface area (Å²) >= 11 is 0. The quantitative estimate of drug-likeness (QED) is 0.355. The average molecular weight is 486 g/mol. The van der Waals surface area contributed by atoms with E-state index in [1.807, 2.05) is 31.2 Å². The van der Waals surface area contributed by atoms with Crippen molar-refractivity contribution >= 4 is 17.7 Å². The molecule has 182 valence electrons. The maximum absolute atomic E-state index is 13.4. The van der Waals surface area contributed by atoms with E-state index in [1.54, 1.807) is 47.3 Å². The van der Waals surface area contributed by atoms with Gasteiger partial charge in [-0.05, 0) is 55.0 Å². The fourth-order valence-electron chi connectivity index (χ4n) is 3.59. The van der Waals surface area contributed by atoms with Crippen molar-refractivity contribution in [2.24, 2.45) is 5.73 Å². The van der Waals surface area contributed by atoms with Crippen molar-refractivity contribution in [1.29, 1.82) is 0 Å². The van der Waals surface area contributed by atoms with E-state index < -0.39 is 11.8 Å². The number of halogens is 1. The van der Waals surface area contributed by atoms with Crippen molar-refractivity contribution in [1.82, 2.24) is 20.4 Å². The molecule has 3 aromatic carbocycles. The first-order chi connectivity index (χ1) is 17.3. The highest BCUT2D eigenvalue weighted by Gasteiger charge is 2.19. The third kappa shape index (κ3) is 5.82. The Balaban J connectivity index is 1.53. The predicted molar refractivity (Wildman–Crippen MR) is 133 cm³/mol. The Bertz CT molecular complexity index is 1410. The zero-order chi connectivity index (χ0) is 25.7. The monoisotopic (exact) mass is 485 g/mol. The van der Waals surface area contributed by atoms with Gasteiger partial charge in [0.15, 0.2) is 0 Å². The molecule has 0 aliphatic rings. The van der Waals surface area contributed by atoms with Crippen LogP contribution in [0.2, 0.25) is 0 Å². The molecule has 4 aromatic rings. The summed E-state index contributed by atoms with van der Waals surface area (Å²) < 4.78 is 14.9. The van der Waals surface area contributed by atoms with Gasteiger partial charge in [-0.2, -0.15) is 5.10 Å². The van der Waals surface area contributed by atoms with Crippen molar-refractivity contribution in [3.63, 3.8) is 0 Å². The second kappa shape index (κ2) is 10.6. The third-order valence-electron chi connectivity index (χ3n) is 5.43. The highest BCUT2D eigenvalue weighted by atomic mass is 19.1. The van der Waals surface area contributed by atoms with Gasteiger partial charge in [0.2, 0.25) is 5.91 Å². The second-order valence-corrected chi connectivity index (χ2v) is 8.21. The molecule has 1 aromatic heterocycles. The molecule has 0 saturated carbocycles. The second-order valence-electron chi connectivity index (χ2n) is 8.21. The summed E-state index contributed by atoms with van der Waals surface area (Å²) in [7, 11) is 0. The first-order valence-electron chi connectivity index (χ1n) is 11.2. The maximum atomic E-state index is 13.4. The van der Waals surface area contributed by atoms with Crippen LogP contribution in [0, 0.1) is 12.7 Å². The van der Waals surface area contributed by atoms with Gasteiger partial charge < -0.3 is 16.4 Å².